The zero-order valence-corrected chi connectivity index (χ0v) is 30.7. The molecule has 3 aliphatic rings. The van der Waals surface area contributed by atoms with Gasteiger partial charge in [0.1, 0.15) is 41.5 Å². The predicted molar refractivity (Wildman–Crippen MR) is 195 cm³/mol. The van der Waals surface area contributed by atoms with Crippen molar-refractivity contribution in [3.63, 3.8) is 0 Å². The number of ether oxygens (including phenoxy) is 5. The number of carbonyl (C=O) groups is 1. The highest BCUT2D eigenvalue weighted by molar-refractivity contribution is 6.00. The van der Waals surface area contributed by atoms with Gasteiger partial charge in [-0.15, -0.1) is 12.3 Å². The lowest BCUT2D eigenvalue weighted by molar-refractivity contribution is -0.201. The molecule has 276 valence electrons. The summed E-state index contributed by atoms with van der Waals surface area (Å²) in [5.74, 6) is 3.70. The van der Waals surface area contributed by atoms with Crippen LogP contribution in [0.25, 0.3) is 22.3 Å². The average molecular weight is 713 g/mol. The molecule has 0 unspecified atom stereocenters. The van der Waals surface area contributed by atoms with Gasteiger partial charge in [-0.3, -0.25) is 9.48 Å². The number of aromatic nitrogens is 5. The molecule has 0 bridgehead atoms. The van der Waals surface area contributed by atoms with Gasteiger partial charge in [0, 0.05) is 62.2 Å². The first-order valence-electron chi connectivity index (χ1n) is 17.8. The maximum Gasteiger partial charge on any atom is 0.254 e. The maximum absolute atomic E-state index is 14.6. The standard InChI is InChI=1S/C38H48N8O6/c1-8-9-10-16-45(25-13-17-43(4)18-14-25)36(47)32-31-33(52-38(2,3)51-31)37(50-32)46-22-27(28-15-19-44(5)42-28)30-34(40-23-41-35(30)46)39-21-24-11-12-26(48-6)20-29(24)49-7/h1,11-12,15,19-20,22-23,25,31-33,37H,9-10,13-14,16-18,21H2,2-7H3,(H,39,40,41)/t31-,32+,33-,37-/m1/s1. The van der Waals surface area contributed by atoms with Crippen molar-refractivity contribution in [1.82, 2.24) is 34.1 Å². The molecule has 0 aliphatic carbocycles. The Hall–Kier alpha value is -4.68. The van der Waals surface area contributed by atoms with E-state index in [-0.39, 0.29) is 11.9 Å². The van der Waals surface area contributed by atoms with Gasteiger partial charge in [0.25, 0.3) is 5.91 Å². The van der Waals surface area contributed by atoms with Crippen molar-refractivity contribution >= 4 is 22.8 Å². The molecule has 6 heterocycles. The van der Waals surface area contributed by atoms with E-state index in [9.17, 15) is 4.79 Å². The summed E-state index contributed by atoms with van der Waals surface area (Å²) in [4.78, 5) is 28.4. The van der Waals surface area contributed by atoms with Crippen molar-refractivity contribution in [2.75, 3.05) is 46.2 Å². The Balaban J connectivity index is 1.26. The van der Waals surface area contributed by atoms with E-state index in [1.807, 2.05) is 67.0 Å². The van der Waals surface area contributed by atoms with Gasteiger partial charge in [-0.25, -0.2) is 9.97 Å². The van der Waals surface area contributed by atoms with Crippen molar-refractivity contribution < 1.29 is 28.5 Å². The van der Waals surface area contributed by atoms with Crippen molar-refractivity contribution in [1.29, 1.82) is 0 Å². The van der Waals surface area contributed by atoms with E-state index < -0.39 is 30.3 Å². The third-order valence-electron chi connectivity index (χ3n) is 10.2. The second kappa shape index (κ2) is 14.7. The summed E-state index contributed by atoms with van der Waals surface area (Å²) in [7, 11) is 7.25. The normalized spacial score (nSPS) is 23.0. The number of unbranched alkanes of at least 4 members (excludes halogenated alkanes) is 1. The Morgan fingerprint density at radius 2 is 1.90 bits per heavy atom. The zero-order chi connectivity index (χ0) is 36.6. The van der Waals surface area contributed by atoms with Crippen LogP contribution in [0.5, 0.6) is 11.5 Å². The number of fused-ring (bicyclic) bond motifs is 2. The fraction of sp³-hybridized carbons (Fsp3) is 0.526. The average Bonchev–Trinajstić information content (AvgIpc) is 3.90. The van der Waals surface area contributed by atoms with Crippen molar-refractivity contribution in [2.45, 2.75) is 82.4 Å². The number of nitrogens with one attached hydrogen (secondary N) is 1. The molecule has 0 spiro atoms. The van der Waals surface area contributed by atoms with Gasteiger partial charge in [0.05, 0.1) is 25.3 Å². The van der Waals surface area contributed by atoms with Crippen LogP contribution in [-0.4, -0.2) is 111 Å². The summed E-state index contributed by atoms with van der Waals surface area (Å²) in [5, 5.41) is 9.00. The van der Waals surface area contributed by atoms with E-state index in [1.54, 1.807) is 18.9 Å². The van der Waals surface area contributed by atoms with Gasteiger partial charge in [0.15, 0.2) is 18.1 Å². The molecule has 1 aromatic carbocycles. The van der Waals surface area contributed by atoms with E-state index in [4.69, 9.17) is 40.2 Å². The summed E-state index contributed by atoms with van der Waals surface area (Å²) >= 11 is 0. The third-order valence-corrected chi connectivity index (χ3v) is 10.2. The SMILES string of the molecule is C#CCCCN(C(=O)[C@H]1O[C@@H](n2cc(-c3ccn(C)n3)c3c(NCc4ccc(OC)cc4OC)ncnc32)[C@@H]2OC(C)(C)O[C@@H]21)C1CCN(C)CC1. The molecule has 3 aliphatic heterocycles. The number of carbonyl (C=O) groups excluding carboxylic acids is 1. The van der Waals surface area contributed by atoms with Crippen LogP contribution in [-0.2, 0) is 32.6 Å². The quantitative estimate of drug-likeness (QED) is 0.168. The summed E-state index contributed by atoms with van der Waals surface area (Å²) in [6.07, 6.45) is 11.2. The van der Waals surface area contributed by atoms with Crippen LogP contribution in [0, 0.1) is 12.3 Å². The first-order chi connectivity index (χ1) is 25.1. The Bertz CT molecular complexity index is 1940. The third kappa shape index (κ3) is 6.93. The lowest BCUT2D eigenvalue weighted by atomic mass is 10.0. The van der Waals surface area contributed by atoms with Crippen LogP contribution in [0.2, 0.25) is 0 Å². The van der Waals surface area contributed by atoms with Crippen LogP contribution in [0.15, 0.2) is 43.0 Å². The van der Waals surface area contributed by atoms with Gasteiger partial charge in [-0.05, 0) is 71.4 Å². The van der Waals surface area contributed by atoms with E-state index in [1.165, 1.54) is 6.33 Å². The fourth-order valence-electron chi connectivity index (χ4n) is 7.64. The highest BCUT2D eigenvalue weighted by Crippen LogP contribution is 2.46. The van der Waals surface area contributed by atoms with E-state index in [0.717, 1.165) is 48.1 Å². The highest BCUT2D eigenvalue weighted by atomic mass is 16.8. The van der Waals surface area contributed by atoms with Gasteiger partial charge in [-0.1, -0.05) is 0 Å². The molecular weight excluding hydrogens is 664 g/mol. The molecule has 1 N–H and O–H groups in total. The lowest BCUT2D eigenvalue weighted by Crippen LogP contribution is -2.52. The number of piperidine rings is 1. The predicted octanol–water partition coefficient (Wildman–Crippen LogP) is 4.21. The molecule has 3 fully saturated rings. The molecule has 4 atom stereocenters. The Morgan fingerprint density at radius 3 is 2.62 bits per heavy atom. The van der Waals surface area contributed by atoms with Crippen molar-refractivity contribution in [3.8, 4) is 35.1 Å². The largest absolute Gasteiger partial charge is 0.497 e. The number of anilines is 1. The van der Waals surface area contributed by atoms with Crippen LogP contribution < -0.4 is 14.8 Å². The number of terminal acetylenes is 1. The molecule has 52 heavy (non-hydrogen) atoms. The number of nitrogens with zero attached hydrogens (tertiary/aromatic N) is 7. The van der Waals surface area contributed by atoms with Crippen molar-refractivity contribution in [3.05, 3.63) is 48.5 Å². The van der Waals surface area contributed by atoms with Crippen molar-refractivity contribution in [2.24, 2.45) is 7.05 Å². The molecular formula is C38H48N8O6. The molecule has 3 aromatic heterocycles. The number of hydrogen-bond acceptors (Lipinski definition) is 11. The molecule has 1 amide bonds. The van der Waals surface area contributed by atoms with Crippen LogP contribution >= 0.6 is 0 Å². The number of amides is 1. The second-order valence-corrected chi connectivity index (χ2v) is 14.2. The smallest absolute Gasteiger partial charge is 0.254 e. The molecule has 4 aromatic rings. The summed E-state index contributed by atoms with van der Waals surface area (Å²) in [6.45, 7) is 6.56. The Morgan fingerprint density at radius 1 is 1.12 bits per heavy atom. The number of methoxy groups -OCH3 is 2. The fourth-order valence-corrected chi connectivity index (χ4v) is 7.64. The molecule has 14 heteroatoms. The monoisotopic (exact) mass is 712 g/mol. The van der Waals surface area contributed by atoms with Gasteiger partial charge in [0.2, 0.25) is 0 Å². The molecule has 3 saturated heterocycles. The minimum absolute atomic E-state index is 0.0896. The Kier molecular flexibility index (Phi) is 10.1. The maximum atomic E-state index is 14.6. The first-order valence-corrected chi connectivity index (χ1v) is 17.8. The number of aryl methyl sites for hydroxylation is 1. The van der Waals surface area contributed by atoms with Gasteiger partial charge in [-0.2, -0.15) is 5.10 Å². The van der Waals surface area contributed by atoms with Crippen LogP contribution in [0.4, 0.5) is 5.82 Å². The number of hydrogen-bond donors (Lipinski definition) is 1. The molecule has 0 saturated carbocycles. The van der Waals surface area contributed by atoms with E-state index in [2.05, 4.69) is 28.2 Å². The van der Waals surface area contributed by atoms with Crippen LogP contribution in [0.1, 0.15) is 51.3 Å². The van der Waals surface area contributed by atoms with Gasteiger partial charge >= 0.3 is 0 Å². The van der Waals surface area contributed by atoms with E-state index in [0.29, 0.717) is 48.9 Å². The van der Waals surface area contributed by atoms with Crippen LogP contribution in [0.3, 0.4) is 0 Å². The van der Waals surface area contributed by atoms with E-state index >= 15 is 0 Å². The molecule has 7 rings (SSSR count). The summed E-state index contributed by atoms with van der Waals surface area (Å²) in [6, 6.07) is 7.73. The molecule has 14 nitrogen and oxygen atoms in total. The Labute approximate surface area is 304 Å². The lowest BCUT2D eigenvalue weighted by Gasteiger charge is -2.39. The van der Waals surface area contributed by atoms with Gasteiger partial charge < -0.3 is 43.4 Å². The number of likely N-dealkylation sites (tertiary alicyclic amines) is 1. The topological polar surface area (TPSA) is 130 Å². The minimum Gasteiger partial charge on any atom is -0.497 e. The second-order valence-electron chi connectivity index (χ2n) is 14.2. The summed E-state index contributed by atoms with van der Waals surface area (Å²) in [5.41, 5.74) is 3.06. The first kappa shape index (κ1) is 35.7. The number of benzene rings is 1. The number of rotatable bonds is 12. The minimum atomic E-state index is -0.927. The molecule has 0 radical (unpaired) electrons. The summed E-state index contributed by atoms with van der Waals surface area (Å²) < 4.78 is 34.5. The zero-order valence-electron chi connectivity index (χ0n) is 30.7. The highest BCUT2D eigenvalue weighted by Gasteiger charge is 2.59.